The number of nitrogens with zero attached hydrogens (tertiary/aromatic N) is 1. The van der Waals surface area contributed by atoms with Crippen LogP contribution in [0.15, 0.2) is 28.7 Å². The van der Waals surface area contributed by atoms with Gasteiger partial charge in [0.1, 0.15) is 5.58 Å². The van der Waals surface area contributed by atoms with E-state index in [1.165, 1.54) is 12.8 Å². The molecule has 2 N–H and O–H groups in total. The summed E-state index contributed by atoms with van der Waals surface area (Å²) in [4.78, 5) is 14.4. The summed E-state index contributed by atoms with van der Waals surface area (Å²) >= 11 is 0. The number of rotatable bonds is 3. The molecule has 1 amide bonds. The number of amides is 1. The molecule has 2 saturated heterocycles. The second kappa shape index (κ2) is 5.02. The quantitative estimate of drug-likeness (QED) is 0.911. The predicted molar refractivity (Wildman–Crippen MR) is 86.4 cm³/mol. The molecule has 2 aliphatic rings. The van der Waals surface area contributed by atoms with E-state index >= 15 is 0 Å². The molecule has 3 atom stereocenters. The average molecular weight is 299 g/mol. The Hall–Kier alpha value is -2.01. The van der Waals surface area contributed by atoms with Crippen LogP contribution >= 0.6 is 0 Å². The first-order valence-electron chi connectivity index (χ1n) is 7.88. The number of benzene rings is 1. The van der Waals surface area contributed by atoms with Crippen LogP contribution < -0.4 is 15.5 Å². The summed E-state index contributed by atoms with van der Waals surface area (Å²) in [6.07, 6.45) is 3.46. The van der Waals surface area contributed by atoms with E-state index in [1.54, 1.807) is 0 Å². The van der Waals surface area contributed by atoms with Gasteiger partial charge in [-0.3, -0.25) is 4.79 Å². The maximum atomic E-state index is 12.5. The highest BCUT2D eigenvalue weighted by Crippen LogP contribution is 2.29. The Bertz CT molecular complexity index is 722. The fourth-order valence-corrected chi connectivity index (χ4v) is 3.63. The van der Waals surface area contributed by atoms with Gasteiger partial charge in [-0.2, -0.15) is 0 Å². The van der Waals surface area contributed by atoms with E-state index in [0.29, 0.717) is 17.6 Å². The first-order chi connectivity index (χ1) is 10.6. The zero-order valence-electron chi connectivity index (χ0n) is 12.9. The maximum Gasteiger partial charge on any atom is 0.251 e. The number of carbonyl (C=O) groups excluding carboxylic acids is 1. The fraction of sp³-hybridized carbons (Fsp3) is 0.471. The zero-order chi connectivity index (χ0) is 15.3. The molecule has 1 aromatic carbocycles. The van der Waals surface area contributed by atoms with Crippen molar-refractivity contribution in [3.05, 3.63) is 29.8 Å². The van der Waals surface area contributed by atoms with E-state index in [1.807, 2.05) is 43.3 Å². The molecule has 0 unspecified atom stereocenters. The van der Waals surface area contributed by atoms with E-state index in [9.17, 15) is 4.79 Å². The molecule has 2 fully saturated rings. The van der Waals surface area contributed by atoms with E-state index in [-0.39, 0.29) is 11.9 Å². The van der Waals surface area contributed by atoms with Crippen LogP contribution in [0.5, 0.6) is 0 Å². The van der Waals surface area contributed by atoms with Crippen LogP contribution in [-0.2, 0) is 0 Å². The van der Waals surface area contributed by atoms with Crippen LogP contribution in [0.25, 0.3) is 11.0 Å². The first kappa shape index (κ1) is 13.6. The number of nitrogens with one attached hydrogen (secondary N) is 2. The summed E-state index contributed by atoms with van der Waals surface area (Å²) in [5, 5.41) is 7.68. The van der Waals surface area contributed by atoms with E-state index in [2.05, 4.69) is 10.6 Å². The molecule has 2 aliphatic heterocycles. The third kappa shape index (κ3) is 2.25. The average Bonchev–Trinajstić information content (AvgIpc) is 3.20. The number of hydrogen-bond donors (Lipinski definition) is 2. The molecule has 0 radical (unpaired) electrons. The minimum atomic E-state index is 0.00820. The van der Waals surface area contributed by atoms with Gasteiger partial charge in [0.2, 0.25) is 0 Å². The van der Waals surface area contributed by atoms with Crippen molar-refractivity contribution >= 4 is 22.8 Å². The summed E-state index contributed by atoms with van der Waals surface area (Å²) in [5.74, 6) is 0.804. The van der Waals surface area contributed by atoms with Crippen molar-refractivity contribution in [3.63, 3.8) is 0 Å². The van der Waals surface area contributed by atoms with E-state index in [4.69, 9.17) is 4.42 Å². The lowest BCUT2D eigenvalue weighted by Crippen LogP contribution is -2.42. The molecule has 1 aromatic heterocycles. The van der Waals surface area contributed by atoms with Gasteiger partial charge in [-0.15, -0.1) is 0 Å². The van der Waals surface area contributed by atoms with Gasteiger partial charge in [-0.05, 0) is 37.5 Å². The molecule has 5 nitrogen and oxygen atoms in total. The van der Waals surface area contributed by atoms with Crippen molar-refractivity contribution in [2.75, 3.05) is 19.0 Å². The van der Waals surface area contributed by atoms with Crippen LogP contribution in [-0.4, -0.2) is 38.1 Å². The lowest BCUT2D eigenvalue weighted by Gasteiger charge is -2.21. The van der Waals surface area contributed by atoms with Crippen LogP contribution in [0, 0.1) is 0 Å². The topological polar surface area (TPSA) is 57.5 Å². The zero-order valence-corrected chi connectivity index (χ0v) is 12.9. The van der Waals surface area contributed by atoms with Gasteiger partial charge in [-0.25, -0.2) is 0 Å². The minimum absolute atomic E-state index is 0.00820. The lowest BCUT2D eigenvalue weighted by molar-refractivity contribution is 0.0931. The highest BCUT2D eigenvalue weighted by atomic mass is 16.4. The Morgan fingerprint density at radius 1 is 1.32 bits per heavy atom. The van der Waals surface area contributed by atoms with E-state index < -0.39 is 0 Å². The number of fused-ring (bicyclic) bond motifs is 3. The maximum absolute atomic E-state index is 12.5. The molecule has 0 spiro atoms. The van der Waals surface area contributed by atoms with Gasteiger partial charge >= 0.3 is 0 Å². The molecule has 2 bridgehead atoms. The van der Waals surface area contributed by atoms with Crippen molar-refractivity contribution in [1.29, 1.82) is 0 Å². The van der Waals surface area contributed by atoms with Crippen LogP contribution in [0.1, 0.15) is 29.6 Å². The van der Waals surface area contributed by atoms with Gasteiger partial charge in [0.15, 0.2) is 5.88 Å². The normalized spacial score (nSPS) is 26.5. The van der Waals surface area contributed by atoms with Gasteiger partial charge in [0.25, 0.3) is 5.91 Å². The molecule has 2 aromatic rings. The lowest BCUT2D eigenvalue weighted by atomic mass is 9.95. The second-order valence-electron chi connectivity index (χ2n) is 6.59. The third-order valence-corrected chi connectivity index (χ3v) is 4.82. The van der Waals surface area contributed by atoms with Gasteiger partial charge < -0.3 is 20.0 Å². The largest absolute Gasteiger partial charge is 0.441 e. The summed E-state index contributed by atoms with van der Waals surface area (Å²) < 4.78 is 5.72. The standard InChI is InChI=1S/C17H21N3O2/c1-20(2)16-8-11-7-10(3-6-15(11)22-16)17(21)19-14-9-12-4-5-13(14)18-12/h3,6-8,12-14,18H,4-5,9H2,1-2H3,(H,19,21)/t12-,13+,14-/m1/s1. The van der Waals surface area contributed by atoms with Crippen LogP contribution in [0.3, 0.4) is 0 Å². The number of furan rings is 1. The number of hydrogen-bond acceptors (Lipinski definition) is 4. The van der Waals surface area contributed by atoms with Gasteiger partial charge in [-0.1, -0.05) is 0 Å². The Morgan fingerprint density at radius 3 is 2.86 bits per heavy atom. The third-order valence-electron chi connectivity index (χ3n) is 4.82. The molecule has 0 aliphatic carbocycles. The molecular weight excluding hydrogens is 278 g/mol. The van der Waals surface area contributed by atoms with Crippen molar-refractivity contribution in [2.24, 2.45) is 0 Å². The molecule has 116 valence electrons. The predicted octanol–water partition coefficient (Wildman–Crippen LogP) is 2.12. The van der Waals surface area contributed by atoms with Gasteiger partial charge in [0.05, 0.1) is 0 Å². The highest BCUT2D eigenvalue weighted by Gasteiger charge is 2.39. The summed E-state index contributed by atoms with van der Waals surface area (Å²) in [6, 6.07) is 8.88. The van der Waals surface area contributed by atoms with Crippen molar-refractivity contribution in [2.45, 2.75) is 37.4 Å². The molecule has 22 heavy (non-hydrogen) atoms. The first-order valence-corrected chi connectivity index (χ1v) is 7.88. The summed E-state index contributed by atoms with van der Waals surface area (Å²) in [7, 11) is 3.88. The Morgan fingerprint density at radius 2 is 2.18 bits per heavy atom. The monoisotopic (exact) mass is 299 g/mol. The SMILES string of the molecule is CN(C)c1cc2cc(C(=O)N[C@@H]3C[C@H]4CC[C@@H]3N4)ccc2o1. The second-order valence-corrected chi connectivity index (χ2v) is 6.59. The molecule has 4 rings (SSSR count). The Balaban J connectivity index is 1.54. The molecule has 0 saturated carbocycles. The smallest absolute Gasteiger partial charge is 0.251 e. The number of carbonyl (C=O) groups is 1. The summed E-state index contributed by atoms with van der Waals surface area (Å²) in [6.45, 7) is 0. The Labute approximate surface area is 129 Å². The minimum Gasteiger partial charge on any atom is -0.441 e. The van der Waals surface area contributed by atoms with E-state index in [0.717, 1.165) is 23.3 Å². The summed E-state index contributed by atoms with van der Waals surface area (Å²) in [5.41, 5.74) is 1.50. The highest BCUT2D eigenvalue weighted by molar-refractivity contribution is 5.98. The van der Waals surface area contributed by atoms with Crippen LogP contribution in [0.4, 0.5) is 5.88 Å². The van der Waals surface area contributed by atoms with Crippen molar-refractivity contribution < 1.29 is 9.21 Å². The fourth-order valence-electron chi connectivity index (χ4n) is 3.63. The molecular formula is C17H21N3O2. The molecule has 5 heteroatoms. The number of anilines is 1. The Kier molecular flexibility index (Phi) is 3.11. The van der Waals surface area contributed by atoms with Crippen molar-refractivity contribution in [1.82, 2.24) is 10.6 Å². The molecule has 3 heterocycles. The van der Waals surface area contributed by atoms with Crippen molar-refractivity contribution in [3.8, 4) is 0 Å². The van der Waals surface area contributed by atoms with Crippen LogP contribution in [0.2, 0.25) is 0 Å². The van der Waals surface area contributed by atoms with Gasteiger partial charge in [0, 0.05) is 49.2 Å².